The van der Waals surface area contributed by atoms with E-state index in [1.165, 1.54) is 10.4 Å². The third kappa shape index (κ3) is 3.51. The minimum atomic E-state index is -3.54. The van der Waals surface area contributed by atoms with Gasteiger partial charge >= 0.3 is 0 Å². The molecule has 0 atom stereocenters. The summed E-state index contributed by atoms with van der Waals surface area (Å²) in [6.07, 6.45) is 0.754. The van der Waals surface area contributed by atoms with E-state index in [-0.39, 0.29) is 16.5 Å². The Bertz CT molecular complexity index is 550. The summed E-state index contributed by atoms with van der Waals surface area (Å²) in [4.78, 5) is 2.24. The third-order valence-electron chi connectivity index (χ3n) is 3.42. The van der Waals surface area contributed by atoms with Gasteiger partial charge < -0.3 is 5.11 Å². The van der Waals surface area contributed by atoms with Crippen molar-refractivity contribution >= 4 is 21.6 Å². The van der Waals surface area contributed by atoms with Crippen molar-refractivity contribution < 1.29 is 13.5 Å². The molecule has 1 aromatic carbocycles. The van der Waals surface area contributed by atoms with Crippen molar-refractivity contribution in [2.24, 2.45) is 0 Å². The van der Waals surface area contributed by atoms with E-state index < -0.39 is 10.0 Å². The number of rotatable bonds is 4. The monoisotopic (exact) mass is 318 g/mol. The van der Waals surface area contributed by atoms with Crippen molar-refractivity contribution in [1.82, 2.24) is 9.21 Å². The zero-order valence-electron chi connectivity index (χ0n) is 11.2. The predicted octanol–water partition coefficient (Wildman–Crippen LogP) is 1.03. The van der Waals surface area contributed by atoms with Crippen molar-refractivity contribution in [2.75, 3.05) is 39.3 Å². The lowest BCUT2D eigenvalue weighted by Crippen LogP contribution is -2.36. The maximum absolute atomic E-state index is 12.6. The normalized spacial score (nSPS) is 18.9. The van der Waals surface area contributed by atoms with Crippen LogP contribution in [0.2, 0.25) is 5.02 Å². The number of halogens is 1. The summed E-state index contributed by atoms with van der Waals surface area (Å²) in [6.45, 7) is 3.01. The van der Waals surface area contributed by atoms with E-state index >= 15 is 0 Å². The fraction of sp³-hybridized carbons (Fsp3) is 0.538. The van der Waals surface area contributed by atoms with E-state index in [9.17, 15) is 8.42 Å². The van der Waals surface area contributed by atoms with Crippen LogP contribution < -0.4 is 0 Å². The second-order valence-electron chi connectivity index (χ2n) is 4.75. The van der Waals surface area contributed by atoms with E-state index in [4.69, 9.17) is 16.7 Å². The summed E-state index contributed by atoms with van der Waals surface area (Å²) in [7, 11) is -3.54. The maximum atomic E-state index is 12.6. The Labute approximate surface area is 124 Å². The Kier molecular flexibility index (Phi) is 5.40. The van der Waals surface area contributed by atoms with Crippen molar-refractivity contribution in [1.29, 1.82) is 0 Å². The molecular formula is C13H19ClN2O3S. The molecule has 112 valence electrons. The van der Waals surface area contributed by atoms with Crippen LogP contribution in [-0.4, -0.2) is 62.1 Å². The molecular weight excluding hydrogens is 300 g/mol. The quantitative estimate of drug-likeness (QED) is 0.901. The lowest BCUT2D eigenvalue weighted by atomic mass is 10.4. The molecule has 1 N–H and O–H groups in total. The standard InChI is InChI=1S/C13H19ClN2O3S/c14-12-4-1-2-5-13(12)20(18,19)16-7-3-6-15(8-9-16)10-11-17/h1-2,4-5,17H,3,6-11H2. The van der Waals surface area contributed by atoms with E-state index in [0.29, 0.717) is 26.2 Å². The Morgan fingerprint density at radius 2 is 1.90 bits per heavy atom. The van der Waals surface area contributed by atoms with E-state index in [2.05, 4.69) is 4.90 Å². The minimum absolute atomic E-state index is 0.0945. The van der Waals surface area contributed by atoms with Gasteiger partial charge in [-0.1, -0.05) is 23.7 Å². The lowest BCUT2D eigenvalue weighted by molar-refractivity contribution is 0.202. The van der Waals surface area contributed by atoms with E-state index in [0.717, 1.165) is 13.0 Å². The molecule has 0 unspecified atom stereocenters. The van der Waals surface area contributed by atoms with Gasteiger partial charge in [-0.15, -0.1) is 0 Å². The topological polar surface area (TPSA) is 60.9 Å². The molecule has 2 rings (SSSR count). The first-order chi connectivity index (χ1) is 9.55. The lowest BCUT2D eigenvalue weighted by Gasteiger charge is -2.21. The fourth-order valence-corrected chi connectivity index (χ4v) is 4.31. The van der Waals surface area contributed by atoms with Gasteiger partial charge in [-0.05, 0) is 25.1 Å². The van der Waals surface area contributed by atoms with Crippen molar-refractivity contribution in [3.63, 3.8) is 0 Å². The largest absolute Gasteiger partial charge is 0.395 e. The molecule has 0 spiro atoms. The molecule has 5 nitrogen and oxygen atoms in total. The molecule has 20 heavy (non-hydrogen) atoms. The van der Waals surface area contributed by atoms with Gasteiger partial charge in [-0.3, -0.25) is 4.90 Å². The van der Waals surface area contributed by atoms with Crippen LogP contribution in [-0.2, 0) is 10.0 Å². The first-order valence-corrected chi connectivity index (χ1v) is 8.45. The van der Waals surface area contributed by atoms with Gasteiger partial charge in [0.2, 0.25) is 10.0 Å². The molecule has 0 aromatic heterocycles. The molecule has 0 aliphatic carbocycles. The number of nitrogens with zero attached hydrogens (tertiary/aromatic N) is 2. The van der Waals surface area contributed by atoms with Gasteiger partial charge in [0.1, 0.15) is 4.90 Å². The number of hydrogen-bond donors (Lipinski definition) is 1. The van der Waals surface area contributed by atoms with Gasteiger partial charge in [-0.25, -0.2) is 8.42 Å². The number of sulfonamides is 1. The number of aliphatic hydroxyl groups is 1. The summed E-state index contributed by atoms with van der Waals surface area (Å²) in [6, 6.07) is 6.51. The highest BCUT2D eigenvalue weighted by molar-refractivity contribution is 7.89. The Hall–Kier alpha value is -0.660. The molecule has 0 saturated carbocycles. The second kappa shape index (κ2) is 6.87. The highest BCUT2D eigenvalue weighted by Gasteiger charge is 2.28. The Morgan fingerprint density at radius 1 is 1.15 bits per heavy atom. The number of hydrogen-bond acceptors (Lipinski definition) is 4. The van der Waals surface area contributed by atoms with E-state index in [1.807, 2.05) is 0 Å². The smallest absolute Gasteiger partial charge is 0.244 e. The van der Waals surface area contributed by atoms with Crippen molar-refractivity contribution in [2.45, 2.75) is 11.3 Å². The average molecular weight is 319 g/mol. The van der Waals surface area contributed by atoms with Crippen LogP contribution in [0.15, 0.2) is 29.2 Å². The number of benzene rings is 1. The van der Waals surface area contributed by atoms with Crippen LogP contribution in [0, 0.1) is 0 Å². The summed E-state index contributed by atoms with van der Waals surface area (Å²) < 4.78 is 26.7. The molecule has 0 radical (unpaired) electrons. The summed E-state index contributed by atoms with van der Waals surface area (Å²) in [5.41, 5.74) is 0. The third-order valence-corrected chi connectivity index (χ3v) is 5.82. The SMILES string of the molecule is O=S(=O)(c1ccccc1Cl)N1CCCN(CCO)CC1. The first kappa shape index (κ1) is 15.7. The molecule has 1 heterocycles. The molecule has 0 bridgehead atoms. The van der Waals surface area contributed by atoms with Crippen molar-refractivity contribution in [3.05, 3.63) is 29.3 Å². The molecule has 1 saturated heterocycles. The van der Waals surface area contributed by atoms with Gasteiger partial charge in [0.15, 0.2) is 0 Å². The zero-order chi connectivity index (χ0) is 14.6. The Balaban J connectivity index is 2.16. The predicted molar refractivity (Wildman–Crippen MR) is 78.4 cm³/mol. The molecule has 1 aliphatic heterocycles. The van der Waals surface area contributed by atoms with Crippen LogP contribution in [0.25, 0.3) is 0 Å². The minimum Gasteiger partial charge on any atom is -0.395 e. The molecule has 7 heteroatoms. The fourth-order valence-electron chi connectivity index (χ4n) is 2.35. The van der Waals surface area contributed by atoms with Gasteiger partial charge in [0.05, 0.1) is 11.6 Å². The van der Waals surface area contributed by atoms with Gasteiger partial charge in [-0.2, -0.15) is 4.31 Å². The Morgan fingerprint density at radius 3 is 2.60 bits per heavy atom. The van der Waals surface area contributed by atoms with E-state index in [1.54, 1.807) is 18.2 Å². The maximum Gasteiger partial charge on any atom is 0.244 e. The molecule has 1 fully saturated rings. The van der Waals surface area contributed by atoms with Crippen molar-refractivity contribution in [3.8, 4) is 0 Å². The van der Waals surface area contributed by atoms with Crippen LogP contribution in [0.4, 0.5) is 0 Å². The second-order valence-corrected chi connectivity index (χ2v) is 7.07. The highest BCUT2D eigenvalue weighted by Crippen LogP contribution is 2.24. The van der Waals surface area contributed by atoms with Gasteiger partial charge in [0.25, 0.3) is 0 Å². The van der Waals surface area contributed by atoms with Gasteiger partial charge in [0, 0.05) is 26.2 Å². The van der Waals surface area contributed by atoms with Crippen LogP contribution in [0.5, 0.6) is 0 Å². The summed E-state index contributed by atoms with van der Waals surface area (Å²) in [5.74, 6) is 0. The van der Waals surface area contributed by atoms with Crippen LogP contribution >= 0.6 is 11.6 Å². The molecule has 0 amide bonds. The average Bonchev–Trinajstić information content (AvgIpc) is 2.65. The molecule has 1 aromatic rings. The zero-order valence-corrected chi connectivity index (χ0v) is 12.8. The first-order valence-electron chi connectivity index (χ1n) is 6.63. The van der Waals surface area contributed by atoms with Crippen LogP contribution in [0.1, 0.15) is 6.42 Å². The molecule has 1 aliphatic rings. The number of β-amino-alcohol motifs (C(OH)–C–C–N with tert-alkyl or cyclic N) is 1. The summed E-state index contributed by atoms with van der Waals surface area (Å²) >= 11 is 6.00. The van der Waals surface area contributed by atoms with Crippen LogP contribution in [0.3, 0.4) is 0 Å². The summed E-state index contributed by atoms with van der Waals surface area (Å²) in [5, 5.41) is 9.21. The number of aliphatic hydroxyl groups excluding tert-OH is 1. The highest BCUT2D eigenvalue weighted by atomic mass is 35.5.